The van der Waals surface area contributed by atoms with E-state index >= 15 is 0 Å². The molecular formula is C20H30O2. The SMILES string of the molecule is CC1=CC23CCC4[C@@](C)(CC[C@@H](O)[C@@]4(C)CO)C2=CCC1C3. The Morgan fingerprint density at radius 2 is 2.00 bits per heavy atom. The molecule has 0 aromatic rings. The van der Waals surface area contributed by atoms with Gasteiger partial charge in [0.2, 0.25) is 0 Å². The lowest BCUT2D eigenvalue weighted by Gasteiger charge is -2.61. The van der Waals surface area contributed by atoms with Gasteiger partial charge in [-0.15, -0.1) is 0 Å². The predicted octanol–water partition coefficient (Wildman–Crippen LogP) is 3.84. The van der Waals surface area contributed by atoms with Gasteiger partial charge in [0.1, 0.15) is 0 Å². The van der Waals surface area contributed by atoms with Gasteiger partial charge in [0.25, 0.3) is 0 Å². The van der Waals surface area contributed by atoms with Crippen molar-refractivity contribution in [3.63, 3.8) is 0 Å². The number of fused-ring (bicyclic) bond motifs is 3. The minimum absolute atomic E-state index is 0.103. The first-order valence-electron chi connectivity index (χ1n) is 9.05. The monoisotopic (exact) mass is 302 g/mol. The van der Waals surface area contributed by atoms with Crippen molar-refractivity contribution in [2.75, 3.05) is 6.61 Å². The molecule has 0 aliphatic heterocycles. The molecule has 4 aliphatic rings. The molecular weight excluding hydrogens is 272 g/mol. The molecule has 4 rings (SSSR count). The van der Waals surface area contributed by atoms with Crippen LogP contribution in [0.25, 0.3) is 0 Å². The molecule has 2 saturated carbocycles. The summed E-state index contributed by atoms with van der Waals surface area (Å²) in [6.45, 7) is 6.95. The predicted molar refractivity (Wildman–Crippen MR) is 88.3 cm³/mol. The van der Waals surface area contributed by atoms with Crippen molar-refractivity contribution in [2.45, 2.75) is 65.4 Å². The van der Waals surface area contributed by atoms with Gasteiger partial charge in [-0.2, -0.15) is 0 Å². The molecule has 0 aromatic carbocycles. The summed E-state index contributed by atoms with van der Waals surface area (Å²) in [6, 6.07) is 0. The Labute approximate surface area is 134 Å². The molecule has 3 unspecified atom stereocenters. The maximum absolute atomic E-state index is 10.6. The molecule has 0 aromatic heterocycles. The summed E-state index contributed by atoms with van der Waals surface area (Å²) in [5.74, 6) is 1.17. The van der Waals surface area contributed by atoms with Gasteiger partial charge in [-0.3, -0.25) is 0 Å². The molecule has 0 radical (unpaired) electrons. The first-order chi connectivity index (χ1) is 10.4. The van der Waals surface area contributed by atoms with E-state index in [2.05, 4.69) is 32.9 Å². The highest BCUT2D eigenvalue weighted by atomic mass is 16.3. The summed E-state index contributed by atoms with van der Waals surface area (Å²) in [5, 5.41) is 20.6. The van der Waals surface area contributed by atoms with Crippen LogP contribution < -0.4 is 0 Å². The molecule has 0 saturated heterocycles. The van der Waals surface area contributed by atoms with Crippen LogP contribution in [0.5, 0.6) is 0 Å². The van der Waals surface area contributed by atoms with Crippen LogP contribution in [-0.2, 0) is 0 Å². The number of aliphatic hydroxyl groups is 2. The Morgan fingerprint density at radius 3 is 2.73 bits per heavy atom. The highest BCUT2D eigenvalue weighted by Crippen LogP contribution is 2.68. The van der Waals surface area contributed by atoms with E-state index in [-0.39, 0.29) is 23.5 Å². The third kappa shape index (κ3) is 1.63. The Hall–Kier alpha value is -0.600. The molecule has 2 fully saturated rings. The maximum Gasteiger partial charge on any atom is 0.0619 e. The van der Waals surface area contributed by atoms with Crippen molar-refractivity contribution in [1.82, 2.24) is 0 Å². The summed E-state index contributed by atoms with van der Waals surface area (Å²) < 4.78 is 0. The number of hydrogen-bond donors (Lipinski definition) is 2. The summed E-state index contributed by atoms with van der Waals surface area (Å²) >= 11 is 0. The zero-order valence-electron chi connectivity index (χ0n) is 14.2. The Balaban J connectivity index is 1.80. The van der Waals surface area contributed by atoms with Gasteiger partial charge in [0, 0.05) is 10.8 Å². The van der Waals surface area contributed by atoms with E-state index in [4.69, 9.17) is 0 Å². The zero-order valence-corrected chi connectivity index (χ0v) is 14.2. The summed E-state index contributed by atoms with van der Waals surface area (Å²) in [5.41, 5.74) is 3.35. The first kappa shape index (κ1) is 15.0. The van der Waals surface area contributed by atoms with Crippen LogP contribution in [0.15, 0.2) is 23.3 Å². The van der Waals surface area contributed by atoms with Crippen LogP contribution in [0.4, 0.5) is 0 Å². The fraction of sp³-hybridized carbons (Fsp3) is 0.800. The van der Waals surface area contributed by atoms with E-state index in [0.717, 1.165) is 25.2 Å². The van der Waals surface area contributed by atoms with Gasteiger partial charge in [-0.1, -0.05) is 37.1 Å². The second-order valence-electron chi connectivity index (χ2n) is 9.03. The van der Waals surface area contributed by atoms with Gasteiger partial charge < -0.3 is 10.2 Å². The smallest absolute Gasteiger partial charge is 0.0619 e. The normalized spacial score (nSPS) is 53.4. The fourth-order valence-corrected chi connectivity index (χ4v) is 6.73. The summed E-state index contributed by atoms with van der Waals surface area (Å²) in [4.78, 5) is 0. The first-order valence-corrected chi connectivity index (χ1v) is 9.05. The van der Waals surface area contributed by atoms with Crippen molar-refractivity contribution in [3.8, 4) is 0 Å². The van der Waals surface area contributed by atoms with Crippen molar-refractivity contribution in [2.24, 2.45) is 28.1 Å². The molecule has 2 nitrogen and oxygen atoms in total. The Kier molecular flexibility index (Phi) is 3.05. The maximum atomic E-state index is 10.6. The van der Waals surface area contributed by atoms with E-state index < -0.39 is 0 Å². The van der Waals surface area contributed by atoms with Gasteiger partial charge in [-0.25, -0.2) is 0 Å². The third-order valence-corrected chi connectivity index (χ3v) is 8.00. The van der Waals surface area contributed by atoms with Gasteiger partial charge in [-0.05, 0) is 62.7 Å². The van der Waals surface area contributed by atoms with E-state index in [1.807, 2.05) is 0 Å². The van der Waals surface area contributed by atoms with Gasteiger partial charge in [0.05, 0.1) is 12.7 Å². The largest absolute Gasteiger partial charge is 0.396 e. The molecule has 2 N–H and O–H groups in total. The lowest BCUT2D eigenvalue weighted by Crippen LogP contribution is -2.58. The molecule has 2 bridgehead atoms. The van der Waals surface area contributed by atoms with Crippen molar-refractivity contribution in [1.29, 1.82) is 0 Å². The fourth-order valence-electron chi connectivity index (χ4n) is 6.73. The number of allylic oxidation sites excluding steroid dienone is 4. The molecule has 0 heterocycles. The van der Waals surface area contributed by atoms with E-state index in [9.17, 15) is 10.2 Å². The van der Waals surface area contributed by atoms with Gasteiger partial charge in [0.15, 0.2) is 0 Å². The third-order valence-electron chi connectivity index (χ3n) is 8.00. The van der Waals surface area contributed by atoms with E-state index in [0.29, 0.717) is 11.3 Å². The molecule has 6 atom stereocenters. The standard InChI is InChI=1S/C20H30O2/c1-13-10-20-9-6-15-18(2,16(20)5-4-14(13)11-20)8-7-17(22)19(15,3)12-21/h5,10,14-15,17,21-22H,4,6-9,11-12H2,1-3H3/t14?,15?,17-,18-,19+,20?/m1/s1. The van der Waals surface area contributed by atoms with Crippen LogP contribution >= 0.6 is 0 Å². The average molecular weight is 302 g/mol. The minimum atomic E-state index is -0.359. The van der Waals surface area contributed by atoms with Crippen LogP contribution in [0, 0.1) is 28.1 Å². The van der Waals surface area contributed by atoms with Crippen molar-refractivity contribution >= 4 is 0 Å². The lowest BCUT2D eigenvalue weighted by atomic mass is 9.43. The minimum Gasteiger partial charge on any atom is -0.396 e. The highest BCUT2D eigenvalue weighted by molar-refractivity contribution is 5.41. The number of aliphatic hydroxyl groups excluding tert-OH is 2. The number of rotatable bonds is 1. The quantitative estimate of drug-likeness (QED) is 0.723. The summed E-state index contributed by atoms with van der Waals surface area (Å²) in [7, 11) is 0. The van der Waals surface area contributed by atoms with Crippen LogP contribution in [0.1, 0.15) is 59.3 Å². The molecule has 122 valence electrons. The highest BCUT2D eigenvalue weighted by Gasteiger charge is 2.61. The zero-order chi connectivity index (χ0) is 15.8. The molecule has 1 spiro atoms. The Bertz CT molecular complexity index is 562. The molecule has 2 heteroatoms. The molecule has 22 heavy (non-hydrogen) atoms. The second kappa shape index (κ2) is 4.48. The van der Waals surface area contributed by atoms with Gasteiger partial charge >= 0.3 is 0 Å². The summed E-state index contributed by atoms with van der Waals surface area (Å²) in [6.07, 6.45) is 11.5. The Morgan fingerprint density at radius 1 is 1.23 bits per heavy atom. The van der Waals surface area contributed by atoms with Crippen LogP contribution in [-0.4, -0.2) is 22.9 Å². The number of hydrogen-bond acceptors (Lipinski definition) is 2. The molecule has 0 amide bonds. The topological polar surface area (TPSA) is 40.5 Å². The average Bonchev–Trinajstić information content (AvgIpc) is 2.73. The van der Waals surface area contributed by atoms with Crippen molar-refractivity contribution < 1.29 is 10.2 Å². The van der Waals surface area contributed by atoms with Crippen LogP contribution in [0.2, 0.25) is 0 Å². The molecule has 4 aliphatic carbocycles. The van der Waals surface area contributed by atoms with E-state index in [1.165, 1.54) is 19.3 Å². The van der Waals surface area contributed by atoms with E-state index in [1.54, 1.807) is 11.1 Å². The van der Waals surface area contributed by atoms with Crippen LogP contribution in [0.3, 0.4) is 0 Å². The lowest BCUT2D eigenvalue weighted by molar-refractivity contribution is -0.135. The second-order valence-corrected chi connectivity index (χ2v) is 9.03. The van der Waals surface area contributed by atoms with Crippen molar-refractivity contribution in [3.05, 3.63) is 23.3 Å².